The highest BCUT2D eigenvalue weighted by molar-refractivity contribution is 7.89. The Morgan fingerprint density at radius 2 is 1.78 bits per heavy atom. The van der Waals surface area contributed by atoms with E-state index in [1.54, 1.807) is 19.1 Å². The molecule has 1 aliphatic heterocycles. The molecule has 0 atom stereocenters. The van der Waals surface area contributed by atoms with Crippen LogP contribution in [0.4, 0.5) is 18.9 Å². The van der Waals surface area contributed by atoms with Crippen LogP contribution >= 0.6 is 0 Å². The molecule has 7 nitrogen and oxygen atoms in total. The summed E-state index contributed by atoms with van der Waals surface area (Å²) in [7, 11) is -4.03. The average molecular weight is 520 g/mol. The number of hydrogen-bond acceptors (Lipinski definition) is 5. The third kappa shape index (κ3) is 5.36. The van der Waals surface area contributed by atoms with E-state index in [1.807, 2.05) is 0 Å². The van der Waals surface area contributed by atoms with Crippen molar-refractivity contribution in [2.45, 2.75) is 31.6 Å². The molecule has 0 unspecified atom stereocenters. The Kier molecular flexibility index (Phi) is 7.32. The molecule has 0 radical (unpaired) electrons. The summed E-state index contributed by atoms with van der Waals surface area (Å²) in [5, 5.41) is 6.43. The third-order valence-electron chi connectivity index (χ3n) is 6.07. The second-order valence-corrected chi connectivity index (χ2v) is 10.5. The molecular weight excluding hydrogens is 495 g/mol. The highest BCUT2D eigenvalue weighted by Gasteiger charge is 2.36. The van der Waals surface area contributed by atoms with Crippen LogP contribution in [0.5, 0.6) is 0 Å². The summed E-state index contributed by atoms with van der Waals surface area (Å²) in [6.45, 7) is 3.27. The zero-order chi connectivity index (χ0) is 26.0. The molecule has 3 aromatic rings. The average Bonchev–Trinajstić information content (AvgIpc) is 3.22. The number of rotatable bonds is 6. The van der Waals surface area contributed by atoms with E-state index < -0.39 is 33.4 Å². The second kappa shape index (κ2) is 10.3. The van der Waals surface area contributed by atoms with Crippen LogP contribution in [0.2, 0.25) is 0 Å². The molecule has 0 bridgehead atoms. The predicted octanol–water partition coefficient (Wildman–Crippen LogP) is 4.92. The molecule has 1 aliphatic rings. The van der Waals surface area contributed by atoms with Crippen LogP contribution in [0.25, 0.3) is 12.2 Å². The van der Waals surface area contributed by atoms with Crippen LogP contribution in [0.3, 0.4) is 0 Å². The topological polar surface area (TPSA) is 92.5 Å². The minimum atomic E-state index is -4.03. The molecule has 190 valence electrons. The molecule has 1 aromatic heterocycles. The molecule has 1 saturated heterocycles. The van der Waals surface area contributed by atoms with Gasteiger partial charge >= 0.3 is 0 Å². The third-order valence-corrected chi connectivity index (χ3v) is 8.13. The van der Waals surface area contributed by atoms with Gasteiger partial charge in [0, 0.05) is 36.3 Å². The molecule has 0 aliphatic carbocycles. The van der Waals surface area contributed by atoms with E-state index in [9.17, 15) is 26.4 Å². The van der Waals surface area contributed by atoms with Crippen LogP contribution in [-0.4, -0.2) is 36.9 Å². The number of nitrogens with zero attached hydrogens (tertiary/aromatic N) is 2. The van der Waals surface area contributed by atoms with Gasteiger partial charge in [-0.05, 0) is 68.7 Å². The van der Waals surface area contributed by atoms with Crippen molar-refractivity contribution in [1.29, 1.82) is 0 Å². The molecule has 2 aromatic carbocycles. The van der Waals surface area contributed by atoms with E-state index in [0.29, 0.717) is 11.3 Å². The van der Waals surface area contributed by atoms with Crippen molar-refractivity contribution in [3.63, 3.8) is 0 Å². The molecule has 36 heavy (non-hydrogen) atoms. The zero-order valence-corrected chi connectivity index (χ0v) is 20.4. The van der Waals surface area contributed by atoms with Gasteiger partial charge in [0.2, 0.25) is 15.9 Å². The summed E-state index contributed by atoms with van der Waals surface area (Å²) in [5.41, 5.74) is 0.990. The zero-order valence-electron chi connectivity index (χ0n) is 19.6. The van der Waals surface area contributed by atoms with Crippen LogP contribution in [0.1, 0.15) is 35.4 Å². The molecule has 1 N–H and O–H groups in total. The summed E-state index contributed by atoms with van der Waals surface area (Å²) in [4.78, 5) is 12.5. The number of carbonyl (C=O) groups is 1. The number of benzene rings is 2. The first-order valence-corrected chi connectivity index (χ1v) is 12.7. The lowest BCUT2D eigenvalue weighted by atomic mass is 9.97. The van der Waals surface area contributed by atoms with Gasteiger partial charge < -0.3 is 9.84 Å². The highest BCUT2D eigenvalue weighted by atomic mass is 32.2. The maximum atomic E-state index is 13.9. The number of carbonyl (C=O) groups excluding carboxylic acids is 1. The van der Waals surface area contributed by atoms with Gasteiger partial charge in [-0.2, -0.15) is 4.31 Å². The Balaban J connectivity index is 1.46. The lowest BCUT2D eigenvalue weighted by Crippen LogP contribution is -2.41. The van der Waals surface area contributed by atoms with Gasteiger partial charge in [-0.3, -0.25) is 4.79 Å². The second-order valence-electron chi connectivity index (χ2n) is 8.59. The summed E-state index contributed by atoms with van der Waals surface area (Å²) >= 11 is 0. The van der Waals surface area contributed by atoms with Gasteiger partial charge in [-0.1, -0.05) is 11.2 Å². The summed E-state index contributed by atoms with van der Waals surface area (Å²) < 4.78 is 74.0. The number of aromatic nitrogens is 1. The maximum absolute atomic E-state index is 13.9. The first-order valence-electron chi connectivity index (χ1n) is 11.2. The number of sulfonamides is 1. The number of halogens is 3. The number of piperidine rings is 1. The standard InChI is InChI=1S/C25H24F3N3O4S/c1-15-3-7-20(14-21(15)27)29-25(32)18-9-11-31(12-10-18)36(33,34)24-16(2)30-35-23(24)8-5-17-4-6-19(26)13-22(17)28/h3-8,13-14,18H,9-12H2,1-2H3,(H,29,32). The van der Waals surface area contributed by atoms with E-state index in [1.165, 1.54) is 35.5 Å². The van der Waals surface area contributed by atoms with E-state index in [0.717, 1.165) is 12.1 Å². The van der Waals surface area contributed by atoms with Crippen LogP contribution < -0.4 is 5.32 Å². The fraction of sp³-hybridized carbons (Fsp3) is 0.280. The van der Waals surface area contributed by atoms with E-state index in [2.05, 4.69) is 10.5 Å². The largest absolute Gasteiger partial charge is 0.355 e. The minimum Gasteiger partial charge on any atom is -0.355 e. The summed E-state index contributed by atoms with van der Waals surface area (Å²) in [5.74, 6) is -2.79. The van der Waals surface area contributed by atoms with Gasteiger partial charge in [0.25, 0.3) is 0 Å². The SMILES string of the molecule is Cc1ccc(NC(=O)C2CCN(S(=O)(=O)c3c(C)noc3C=Cc3ccc(F)cc3F)CC2)cc1F. The number of aryl methyl sites for hydroxylation is 2. The van der Waals surface area contributed by atoms with Crippen molar-refractivity contribution in [3.05, 3.63) is 76.4 Å². The molecule has 2 heterocycles. The lowest BCUT2D eigenvalue weighted by Gasteiger charge is -2.30. The van der Waals surface area contributed by atoms with Crippen molar-refractivity contribution in [3.8, 4) is 0 Å². The van der Waals surface area contributed by atoms with Gasteiger partial charge in [0.15, 0.2) is 10.7 Å². The van der Waals surface area contributed by atoms with Crippen molar-refractivity contribution >= 4 is 33.8 Å². The van der Waals surface area contributed by atoms with E-state index >= 15 is 0 Å². The van der Waals surface area contributed by atoms with E-state index in [4.69, 9.17) is 4.52 Å². The van der Waals surface area contributed by atoms with Crippen LogP contribution in [-0.2, 0) is 14.8 Å². The Bertz CT molecular complexity index is 1430. The number of nitrogens with one attached hydrogen (secondary N) is 1. The smallest absolute Gasteiger partial charge is 0.248 e. The minimum absolute atomic E-state index is 0.0501. The summed E-state index contributed by atoms with van der Waals surface area (Å²) in [6.07, 6.45) is 3.09. The van der Waals surface area contributed by atoms with Gasteiger partial charge in [0.05, 0.1) is 0 Å². The van der Waals surface area contributed by atoms with Crippen molar-refractivity contribution in [2.75, 3.05) is 18.4 Å². The molecule has 0 saturated carbocycles. The Hall–Kier alpha value is -3.44. The molecule has 4 rings (SSSR count). The Morgan fingerprint density at radius 1 is 1.06 bits per heavy atom. The number of hydrogen-bond donors (Lipinski definition) is 1. The molecule has 11 heteroatoms. The number of anilines is 1. The van der Waals surface area contributed by atoms with Crippen LogP contribution in [0.15, 0.2) is 45.8 Å². The monoisotopic (exact) mass is 519 g/mol. The molecule has 1 amide bonds. The van der Waals surface area contributed by atoms with Gasteiger partial charge in [0.1, 0.15) is 23.1 Å². The van der Waals surface area contributed by atoms with Gasteiger partial charge in [-0.25, -0.2) is 21.6 Å². The van der Waals surface area contributed by atoms with E-state index in [-0.39, 0.29) is 53.8 Å². The fourth-order valence-corrected chi connectivity index (χ4v) is 5.72. The van der Waals surface area contributed by atoms with Gasteiger partial charge in [-0.15, -0.1) is 0 Å². The van der Waals surface area contributed by atoms with Crippen molar-refractivity contribution in [2.24, 2.45) is 5.92 Å². The first kappa shape index (κ1) is 25.6. The lowest BCUT2D eigenvalue weighted by molar-refractivity contribution is -0.120. The predicted molar refractivity (Wildman–Crippen MR) is 128 cm³/mol. The maximum Gasteiger partial charge on any atom is 0.248 e. The Labute approximate surface area is 206 Å². The van der Waals surface area contributed by atoms with Crippen LogP contribution in [0, 0.1) is 37.2 Å². The molecular formula is C25H24F3N3O4S. The highest BCUT2D eigenvalue weighted by Crippen LogP contribution is 2.30. The Morgan fingerprint density at radius 3 is 2.44 bits per heavy atom. The summed E-state index contributed by atoms with van der Waals surface area (Å²) in [6, 6.07) is 7.45. The normalized spacial score (nSPS) is 15.5. The van der Waals surface area contributed by atoms with Crippen molar-refractivity contribution < 1.29 is 30.9 Å². The number of amides is 1. The fourth-order valence-electron chi connectivity index (χ4n) is 4.00. The molecule has 0 spiro atoms. The van der Waals surface area contributed by atoms with Crippen molar-refractivity contribution in [1.82, 2.24) is 9.46 Å². The quantitative estimate of drug-likeness (QED) is 0.499. The molecule has 1 fully saturated rings. The first-order chi connectivity index (χ1) is 17.1.